The molecule has 3 rings (SSSR count). The number of carbonyl (C=O) groups excluding carboxylic acids is 2. The molecule has 0 bridgehead atoms. The van der Waals surface area contributed by atoms with E-state index < -0.39 is 37.3 Å². The van der Waals surface area contributed by atoms with Gasteiger partial charge in [-0.3, -0.25) is 14.6 Å². The summed E-state index contributed by atoms with van der Waals surface area (Å²) in [6, 6.07) is 1.18. The zero-order chi connectivity index (χ0) is 24.9. The van der Waals surface area contributed by atoms with Crippen molar-refractivity contribution in [2.75, 3.05) is 0 Å². The quantitative estimate of drug-likeness (QED) is 0.473. The molecule has 182 valence electrons. The summed E-state index contributed by atoms with van der Waals surface area (Å²) in [6.45, 7) is -3.15. The smallest absolute Gasteiger partial charge is 0.345 e. The first-order valence-electron chi connectivity index (χ1n) is 9.56. The van der Waals surface area contributed by atoms with Crippen LogP contribution >= 0.6 is 0 Å². The highest BCUT2D eigenvalue weighted by molar-refractivity contribution is 5.99. The van der Waals surface area contributed by atoms with Crippen LogP contribution in [0.25, 0.3) is 0 Å². The molecular weight excluding hydrogens is 472 g/mol. The number of nitrogens with one attached hydrogen (secondary N) is 2. The summed E-state index contributed by atoms with van der Waals surface area (Å²) in [4.78, 5) is 36.1. The Balaban J connectivity index is 1.59. The predicted octanol–water partition coefficient (Wildman–Crippen LogP) is 2.46. The van der Waals surface area contributed by atoms with E-state index in [0.29, 0.717) is 0 Å². The van der Waals surface area contributed by atoms with Gasteiger partial charge < -0.3 is 19.8 Å². The highest BCUT2D eigenvalue weighted by Crippen LogP contribution is 2.19. The number of alkyl halides is 6. The molecule has 0 saturated carbocycles. The summed E-state index contributed by atoms with van der Waals surface area (Å²) in [5, 5.41) is 4.79. The van der Waals surface area contributed by atoms with Gasteiger partial charge in [-0.25, -0.2) is 9.97 Å². The lowest BCUT2D eigenvalue weighted by molar-refractivity contribution is -0.141. The van der Waals surface area contributed by atoms with Crippen LogP contribution in [0.15, 0.2) is 43.2 Å². The minimum Gasteiger partial charge on any atom is -0.345 e. The number of carbonyl (C=O) groups is 2. The van der Waals surface area contributed by atoms with Gasteiger partial charge in [-0.05, 0) is 6.07 Å². The van der Waals surface area contributed by atoms with E-state index >= 15 is 0 Å². The van der Waals surface area contributed by atoms with Gasteiger partial charge in [-0.15, -0.1) is 0 Å². The number of nitrogens with zero attached hydrogens (tertiary/aromatic N) is 5. The summed E-state index contributed by atoms with van der Waals surface area (Å²) >= 11 is 0. The second-order valence-corrected chi connectivity index (χ2v) is 7.00. The largest absolute Gasteiger partial charge is 0.406 e. The zero-order valence-corrected chi connectivity index (χ0v) is 17.2. The number of amides is 2. The predicted molar refractivity (Wildman–Crippen MR) is 103 cm³/mol. The van der Waals surface area contributed by atoms with Gasteiger partial charge in [0.25, 0.3) is 11.8 Å². The van der Waals surface area contributed by atoms with Crippen LogP contribution in [0.5, 0.6) is 0 Å². The van der Waals surface area contributed by atoms with Crippen molar-refractivity contribution in [3.8, 4) is 0 Å². The van der Waals surface area contributed by atoms with Gasteiger partial charge in [-0.1, -0.05) is 0 Å². The molecule has 0 spiro atoms. The van der Waals surface area contributed by atoms with Crippen molar-refractivity contribution in [1.82, 2.24) is 34.7 Å². The van der Waals surface area contributed by atoms with E-state index in [2.05, 4.69) is 25.6 Å². The Hall–Kier alpha value is -3.91. The molecular formula is C19H17F6N7O2. The van der Waals surface area contributed by atoms with Crippen molar-refractivity contribution in [2.45, 2.75) is 38.5 Å². The third-order valence-electron chi connectivity index (χ3n) is 4.38. The van der Waals surface area contributed by atoms with E-state index in [9.17, 15) is 35.9 Å². The highest BCUT2D eigenvalue weighted by atomic mass is 19.4. The van der Waals surface area contributed by atoms with Crippen LogP contribution in [-0.2, 0) is 26.2 Å². The molecule has 0 fully saturated rings. The normalized spacial score (nSPS) is 11.9. The fourth-order valence-electron chi connectivity index (χ4n) is 2.90. The average Bonchev–Trinajstić information content (AvgIpc) is 3.36. The molecule has 0 aliphatic heterocycles. The standard InChI is InChI=1S/C19H17F6N7O2/c20-18(21,22)10-31-3-1-27-14(31)8-29-16(33)12-5-13(7-26-6-12)17(34)30-9-15-28-2-4-32(15)11-19(23,24)25/h1-7H,8-11H2,(H,29,33)(H,30,34). The molecule has 9 nitrogen and oxygen atoms in total. The second-order valence-electron chi connectivity index (χ2n) is 7.00. The van der Waals surface area contributed by atoms with Gasteiger partial charge in [0.05, 0.1) is 24.2 Å². The van der Waals surface area contributed by atoms with Crippen LogP contribution in [-0.4, -0.2) is 48.3 Å². The number of aromatic nitrogens is 5. The SMILES string of the molecule is O=C(NCc1nccn1CC(F)(F)F)c1cncc(C(=O)NCc2nccn2CC(F)(F)F)c1. The second kappa shape index (κ2) is 9.93. The molecule has 0 radical (unpaired) electrons. The molecule has 2 N–H and O–H groups in total. The Labute approximate surface area is 187 Å². The Bertz CT molecular complexity index is 1070. The van der Waals surface area contributed by atoms with Crippen LogP contribution < -0.4 is 10.6 Å². The summed E-state index contributed by atoms with van der Waals surface area (Å²) in [6.07, 6.45) is -2.05. The van der Waals surface area contributed by atoms with Crippen LogP contribution in [0, 0.1) is 0 Å². The first kappa shape index (κ1) is 24.7. The van der Waals surface area contributed by atoms with Gasteiger partial charge in [-0.2, -0.15) is 26.3 Å². The fourth-order valence-corrected chi connectivity index (χ4v) is 2.90. The number of hydrogen-bond donors (Lipinski definition) is 2. The zero-order valence-electron chi connectivity index (χ0n) is 17.2. The highest BCUT2D eigenvalue weighted by Gasteiger charge is 2.29. The van der Waals surface area contributed by atoms with Crippen molar-refractivity contribution in [3.05, 3.63) is 66.0 Å². The van der Waals surface area contributed by atoms with Gasteiger partial charge in [0.1, 0.15) is 24.7 Å². The Kier molecular flexibility index (Phi) is 7.22. The lowest BCUT2D eigenvalue weighted by Crippen LogP contribution is -2.28. The van der Waals surface area contributed by atoms with Crippen molar-refractivity contribution in [1.29, 1.82) is 0 Å². The number of hydrogen-bond acceptors (Lipinski definition) is 5. The van der Waals surface area contributed by atoms with Crippen LogP contribution in [0.1, 0.15) is 32.4 Å². The number of imidazole rings is 2. The first-order valence-corrected chi connectivity index (χ1v) is 9.56. The van der Waals surface area contributed by atoms with E-state index in [1.807, 2.05) is 0 Å². The molecule has 0 unspecified atom stereocenters. The van der Waals surface area contributed by atoms with E-state index in [0.717, 1.165) is 33.9 Å². The summed E-state index contributed by atoms with van der Waals surface area (Å²) < 4.78 is 77.2. The lowest BCUT2D eigenvalue weighted by Gasteiger charge is -2.12. The molecule has 0 saturated heterocycles. The fraction of sp³-hybridized carbons (Fsp3) is 0.316. The first-order chi connectivity index (χ1) is 15.9. The summed E-state index contributed by atoms with van der Waals surface area (Å²) in [7, 11) is 0. The molecule has 0 aliphatic carbocycles. The maximum Gasteiger partial charge on any atom is 0.406 e. The maximum atomic E-state index is 12.6. The molecule has 3 aromatic heterocycles. The van der Waals surface area contributed by atoms with Gasteiger partial charge in [0.15, 0.2) is 0 Å². The van der Waals surface area contributed by atoms with E-state index in [1.54, 1.807) is 0 Å². The molecule has 3 aromatic rings. The van der Waals surface area contributed by atoms with E-state index in [4.69, 9.17) is 0 Å². The third-order valence-corrected chi connectivity index (χ3v) is 4.38. The van der Waals surface area contributed by atoms with Crippen molar-refractivity contribution in [2.24, 2.45) is 0 Å². The summed E-state index contributed by atoms with van der Waals surface area (Å²) in [5.74, 6) is -1.49. The number of pyridine rings is 1. The molecule has 2 amide bonds. The molecule has 0 atom stereocenters. The average molecular weight is 489 g/mol. The Morgan fingerprint density at radius 1 is 0.765 bits per heavy atom. The van der Waals surface area contributed by atoms with E-state index in [1.165, 1.54) is 18.5 Å². The number of rotatable bonds is 8. The van der Waals surface area contributed by atoms with Crippen molar-refractivity contribution >= 4 is 11.8 Å². The van der Waals surface area contributed by atoms with Gasteiger partial charge in [0, 0.05) is 37.2 Å². The molecule has 15 heteroatoms. The van der Waals surface area contributed by atoms with Crippen LogP contribution in [0.2, 0.25) is 0 Å². The van der Waals surface area contributed by atoms with Crippen LogP contribution in [0.3, 0.4) is 0 Å². The molecule has 0 aromatic carbocycles. The monoisotopic (exact) mass is 489 g/mol. The van der Waals surface area contributed by atoms with Gasteiger partial charge in [0.2, 0.25) is 0 Å². The maximum absolute atomic E-state index is 12.6. The minimum atomic E-state index is -4.46. The minimum absolute atomic E-state index is 0.0260. The Morgan fingerprint density at radius 3 is 1.56 bits per heavy atom. The van der Waals surface area contributed by atoms with Crippen molar-refractivity contribution in [3.63, 3.8) is 0 Å². The molecule has 3 heterocycles. The van der Waals surface area contributed by atoms with E-state index in [-0.39, 0.29) is 35.9 Å². The topological polar surface area (TPSA) is 107 Å². The summed E-state index contributed by atoms with van der Waals surface area (Å²) in [5.41, 5.74) is -0.111. The molecule has 0 aliphatic rings. The lowest BCUT2D eigenvalue weighted by atomic mass is 10.2. The van der Waals surface area contributed by atoms with Gasteiger partial charge >= 0.3 is 12.4 Å². The van der Waals surface area contributed by atoms with Crippen LogP contribution in [0.4, 0.5) is 26.3 Å². The van der Waals surface area contributed by atoms with Crippen molar-refractivity contribution < 1.29 is 35.9 Å². The third kappa shape index (κ3) is 7.05. The number of halogens is 6. The molecule has 34 heavy (non-hydrogen) atoms. The Morgan fingerprint density at radius 2 is 1.18 bits per heavy atom.